The molecule has 0 bridgehead atoms. The summed E-state index contributed by atoms with van der Waals surface area (Å²) in [6, 6.07) is 2.39. The monoisotopic (exact) mass is 264 g/mol. The number of piperazine rings is 1. The summed E-state index contributed by atoms with van der Waals surface area (Å²) in [5.74, 6) is 0.186. The summed E-state index contributed by atoms with van der Waals surface area (Å²) < 4.78 is 0. The van der Waals surface area contributed by atoms with Crippen LogP contribution in [0.4, 0.5) is 0 Å². The summed E-state index contributed by atoms with van der Waals surface area (Å²) in [6.45, 7) is 8.22. The lowest BCUT2D eigenvalue weighted by atomic mass is 10.0. The molecule has 1 unspecified atom stereocenters. The minimum atomic E-state index is -0.405. The zero-order valence-electron chi connectivity index (χ0n) is 12.0. The molecule has 106 valence electrons. The van der Waals surface area contributed by atoms with Crippen LogP contribution in [0.1, 0.15) is 33.1 Å². The van der Waals surface area contributed by atoms with Crippen molar-refractivity contribution in [3.63, 3.8) is 0 Å². The van der Waals surface area contributed by atoms with E-state index in [0.29, 0.717) is 0 Å². The Labute approximate surface area is 115 Å². The number of amides is 1. The Morgan fingerprint density at radius 2 is 1.95 bits per heavy atom. The van der Waals surface area contributed by atoms with Crippen molar-refractivity contribution in [1.29, 1.82) is 5.26 Å². The van der Waals surface area contributed by atoms with E-state index in [1.807, 2.05) is 13.8 Å². The predicted molar refractivity (Wildman–Crippen MR) is 73.5 cm³/mol. The minimum Gasteiger partial charge on any atom is -0.355 e. The number of hydrogen-bond acceptors (Lipinski definition) is 4. The summed E-state index contributed by atoms with van der Waals surface area (Å²) in [4.78, 5) is 16.5. The summed E-state index contributed by atoms with van der Waals surface area (Å²) >= 11 is 0. The first kappa shape index (κ1) is 14.3. The van der Waals surface area contributed by atoms with E-state index in [-0.39, 0.29) is 11.9 Å². The van der Waals surface area contributed by atoms with Crippen LogP contribution in [0.25, 0.3) is 0 Å². The van der Waals surface area contributed by atoms with E-state index in [4.69, 9.17) is 0 Å². The van der Waals surface area contributed by atoms with E-state index in [1.165, 1.54) is 0 Å². The SMILES string of the molecule is CC(C)(C#N)N1CCN(C2CCCCNC2=O)CC1. The van der Waals surface area contributed by atoms with Crippen molar-refractivity contribution in [3.8, 4) is 6.07 Å². The van der Waals surface area contributed by atoms with Gasteiger partial charge in [0.1, 0.15) is 5.54 Å². The third-order valence-electron chi connectivity index (χ3n) is 4.33. The molecule has 2 aliphatic rings. The molecule has 2 heterocycles. The van der Waals surface area contributed by atoms with E-state index in [9.17, 15) is 10.1 Å². The van der Waals surface area contributed by atoms with E-state index >= 15 is 0 Å². The van der Waals surface area contributed by atoms with E-state index in [1.54, 1.807) is 0 Å². The van der Waals surface area contributed by atoms with E-state index in [2.05, 4.69) is 21.2 Å². The van der Waals surface area contributed by atoms with Gasteiger partial charge >= 0.3 is 0 Å². The van der Waals surface area contributed by atoms with Crippen LogP contribution in [-0.2, 0) is 4.79 Å². The van der Waals surface area contributed by atoms with E-state index < -0.39 is 5.54 Å². The van der Waals surface area contributed by atoms with Gasteiger partial charge in [-0.2, -0.15) is 5.26 Å². The zero-order valence-corrected chi connectivity index (χ0v) is 12.0. The van der Waals surface area contributed by atoms with Gasteiger partial charge in [-0.3, -0.25) is 14.6 Å². The maximum atomic E-state index is 12.0. The second kappa shape index (κ2) is 5.89. The van der Waals surface area contributed by atoms with Gasteiger partial charge < -0.3 is 5.32 Å². The summed E-state index contributed by atoms with van der Waals surface area (Å²) in [5, 5.41) is 12.2. The first-order valence-electron chi connectivity index (χ1n) is 7.22. The van der Waals surface area contributed by atoms with Crippen LogP contribution in [0.3, 0.4) is 0 Å². The molecule has 0 aromatic rings. The van der Waals surface area contributed by atoms with Gasteiger partial charge in [0, 0.05) is 32.7 Å². The van der Waals surface area contributed by atoms with Crippen molar-refractivity contribution in [2.75, 3.05) is 32.7 Å². The fourth-order valence-corrected chi connectivity index (χ4v) is 2.93. The molecular formula is C14H24N4O. The highest BCUT2D eigenvalue weighted by Crippen LogP contribution is 2.19. The summed E-state index contributed by atoms with van der Waals surface area (Å²) in [6.07, 6.45) is 3.17. The van der Waals surface area contributed by atoms with Crippen LogP contribution in [0.5, 0.6) is 0 Å². The van der Waals surface area contributed by atoms with Gasteiger partial charge in [0.15, 0.2) is 0 Å². The quantitative estimate of drug-likeness (QED) is 0.792. The molecule has 5 heteroatoms. The highest BCUT2D eigenvalue weighted by Gasteiger charge is 2.34. The number of carbonyl (C=O) groups excluding carboxylic acids is 1. The maximum absolute atomic E-state index is 12.0. The third kappa shape index (κ3) is 3.26. The van der Waals surface area contributed by atoms with E-state index in [0.717, 1.165) is 52.0 Å². The normalized spacial score (nSPS) is 27.4. The fourth-order valence-electron chi connectivity index (χ4n) is 2.93. The van der Waals surface area contributed by atoms with Gasteiger partial charge in [-0.25, -0.2) is 0 Å². The number of carbonyl (C=O) groups is 1. The number of rotatable bonds is 2. The molecule has 2 rings (SSSR count). The van der Waals surface area contributed by atoms with Crippen LogP contribution >= 0.6 is 0 Å². The molecule has 0 aromatic heterocycles. The Morgan fingerprint density at radius 3 is 2.58 bits per heavy atom. The Morgan fingerprint density at radius 1 is 1.26 bits per heavy atom. The molecule has 19 heavy (non-hydrogen) atoms. The smallest absolute Gasteiger partial charge is 0.237 e. The lowest BCUT2D eigenvalue weighted by Gasteiger charge is -2.42. The lowest BCUT2D eigenvalue weighted by Crippen LogP contribution is -2.58. The fraction of sp³-hybridized carbons (Fsp3) is 0.857. The Balaban J connectivity index is 1.92. The second-order valence-electron chi connectivity index (χ2n) is 6.00. The standard InChI is InChI=1S/C14H24N4O/c1-14(2,11-15)18-9-7-17(8-10-18)12-5-3-4-6-16-13(12)19/h12H,3-10H2,1-2H3,(H,16,19). The van der Waals surface area contributed by atoms with Gasteiger partial charge in [-0.15, -0.1) is 0 Å². The molecule has 2 aliphatic heterocycles. The van der Waals surface area contributed by atoms with Gasteiger partial charge in [-0.1, -0.05) is 0 Å². The van der Waals surface area contributed by atoms with Crippen molar-refractivity contribution >= 4 is 5.91 Å². The van der Waals surface area contributed by atoms with Crippen molar-refractivity contribution in [3.05, 3.63) is 0 Å². The zero-order chi connectivity index (χ0) is 13.9. The average Bonchev–Trinajstić information content (AvgIpc) is 2.63. The molecule has 1 atom stereocenters. The maximum Gasteiger partial charge on any atom is 0.237 e. The number of nitrogens with zero attached hydrogens (tertiary/aromatic N) is 3. The van der Waals surface area contributed by atoms with Crippen molar-refractivity contribution in [2.24, 2.45) is 0 Å². The molecule has 2 fully saturated rings. The lowest BCUT2D eigenvalue weighted by molar-refractivity contribution is -0.127. The van der Waals surface area contributed by atoms with Crippen LogP contribution in [-0.4, -0.2) is 60.0 Å². The van der Waals surface area contributed by atoms with Gasteiger partial charge in [0.05, 0.1) is 12.1 Å². The van der Waals surface area contributed by atoms with Crippen molar-refractivity contribution in [1.82, 2.24) is 15.1 Å². The Bertz CT molecular complexity index is 366. The Kier molecular flexibility index (Phi) is 4.43. The van der Waals surface area contributed by atoms with Gasteiger partial charge in [0.25, 0.3) is 0 Å². The molecule has 2 saturated heterocycles. The van der Waals surface area contributed by atoms with Crippen molar-refractivity contribution < 1.29 is 4.79 Å². The third-order valence-corrected chi connectivity index (χ3v) is 4.33. The van der Waals surface area contributed by atoms with Crippen LogP contribution < -0.4 is 5.32 Å². The molecule has 0 spiro atoms. The minimum absolute atomic E-state index is 0.0369. The van der Waals surface area contributed by atoms with Crippen LogP contribution in [0, 0.1) is 11.3 Å². The number of nitriles is 1. The molecule has 0 aromatic carbocycles. The largest absolute Gasteiger partial charge is 0.355 e. The Hall–Kier alpha value is -1.12. The molecule has 1 N–H and O–H groups in total. The first-order valence-corrected chi connectivity index (χ1v) is 7.22. The summed E-state index contributed by atoms with van der Waals surface area (Å²) in [7, 11) is 0. The molecule has 0 aliphatic carbocycles. The van der Waals surface area contributed by atoms with Gasteiger partial charge in [0.2, 0.25) is 5.91 Å². The molecule has 5 nitrogen and oxygen atoms in total. The number of hydrogen-bond donors (Lipinski definition) is 1. The van der Waals surface area contributed by atoms with Crippen LogP contribution in [0.15, 0.2) is 0 Å². The molecule has 0 saturated carbocycles. The van der Waals surface area contributed by atoms with Crippen molar-refractivity contribution in [2.45, 2.75) is 44.7 Å². The number of nitrogens with one attached hydrogen (secondary N) is 1. The molecule has 1 amide bonds. The highest BCUT2D eigenvalue weighted by atomic mass is 16.2. The summed E-state index contributed by atoms with van der Waals surface area (Å²) in [5.41, 5.74) is -0.405. The average molecular weight is 264 g/mol. The highest BCUT2D eigenvalue weighted by molar-refractivity contribution is 5.81. The van der Waals surface area contributed by atoms with Crippen LogP contribution in [0.2, 0.25) is 0 Å². The molecule has 0 radical (unpaired) electrons. The predicted octanol–water partition coefficient (Wildman–Crippen LogP) is 0.575. The van der Waals surface area contributed by atoms with Gasteiger partial charge in [-0.05, 0) is 33.1 Å². The first-order chi connectivity index (χ1) is 9.04. The topological polar surface area (TPSA) is 59.4 Å². The second-order valence-corrected chi connectivity index (χ2v) is 6.00. The molecular weight excluding hydrogens is 240 g/mol.